The fraction of sp³-hybridized carbons (Fsp3) is 0.462. The summed E-state index contributed by atoms with van der Waals surface area (Å²) in [6.45, 7) is 6.34. The third kappa shape index (κ3) is 6.61. The lowest BCUT2D eigenvalue weighted by atomic mass is 9.89. The summed E-state index contributed by atoms with van der Waals surface area (Å²) in [7, 11) is -2.13. The predicted octanol–water partition coefficient (Wildman–Crippen LogP) is 3.12. The lowest BCUT2D eigenvalue weighted by Crippen LogP contribution is -2.55. The van der Waals surface area contributed by atoms with Gasteiger partial charge in [0.1, 0.15) is 11.8 Å². The predicted molar refractivity (Wildman–Crippen MR) is 135 cm³/mol. The van der Waals surface area contributed by atoms with Crippen LogP contribution in [-0.4, -0.2) is 56.8 Å². The highest BCUT2D eigenvalue weighted by atomic mass is 32.2. The number of sulfonamides is 1. The molecular formula is C26H35N3O5S. The van der Waals surface area contributed by atoms with Gasteiger partial charge < -0.3 is 15.4 Å². The number of ether oxygens (including phenoxy) is 1. The molecule has 0 spiro atoms. The number of hydrogen-bond donors (Lipinski definition) is 2. The van der Waals surface area contributed by atoms with E-state index in [-0.39, 0.29) is 41.8 Å². The Morgan fingerprint density at radius 2 is 1.74 bits per heavy atom. The maximum Gasteiger partial charge on any atom is 0.251 e. The van der Waals surface area contributed by atoms with Gasteiger partial charge in [-0.3, -0.25) is 9.59 Å². The molecule has 1 fully saturated rings. The number of benzene rings is 2. The van der Waals surface area contributed by atoms with E-state index < -0.39 is 16.1 Å². The second-order valence-corrected chi connectivity index (χ2v) is 11.0. The molecule has 0 radical (unpaired) electrons. The third-order valence-electron chi connectivity index (χ3n) is 6.52. The number of hydrogen-bond acceptors (Lipinski definition) is 5. The third-order valence-corrected chi connectivity index (χ3v) is 8.43. The molecule has 9 heteroatoms. The van der Waals surface area contributed by atoms with Crippen LogP contribution in [0.25, 0.3) is 0 Å². The molecule has 3 rings (SSSR count). The Morgan fingerprint density at radius 1 is 1.09 bits per heavy atom. The highest BCUT2D eigenvalue weighted by Crippen LogP contribution is 2.27. The first-order chi connectivity index (χ1) is 16.6. The largest absolute Gasteiger partial charge is 0.497 e. The number of methoxy groups -OCH3 is 1. The van der Waals surface area contributed by atoms with Crippen LogP contribution < -0.4 is 15.4 Å². The lowest BCUT2D eigenvalue weighted by molar-refractivity contribution is -0.125. The minimum Gasteiger partial charge on any atom is -0.497 e. The fourth-order valence-electron chi connectivity index (χ4n) is 4.19. The molecule has 2 aromatic carbocycles. The van der Waals surface area contributed by atoms with E-state index in [1.54, 1.807) is 30.3 Å². The van der Waals surface area contributed by atoms with Crippen molar-refractivity contribution in [1.29, 1.82) is 0 Å². The van der Waals surface area contributed by atoms with Gasteiger partial charge in [-0.15, -0.1) is 0 Å². The van der Waals surface area contributed by atoms with Crippen molar-refractivity contribution in [2.75, 3.05) is 20.2 Å². The highest BCUT2D eigenvalue weighted by Gasteiger charge is 2.36. The molecule has 0 saturated carbocycles. The zero-order valence-corrected chi connectivity index (χ0v) is 21.6. The van der Waals surface area contributed by atoms with Crippen molar-refractivity contribution in [3.63, 3.8) is 0 Å². The van der Waals surface area contributed by atoms with E-state index in [2.05, 4.69) is 10.6 Å². The molecule has 1 aliphatic rings. The monoisotopic (exact) mass is 501 g/mol. The number of aryl methyl sites for hydroxylation is 1. The Balaban J connectivity index is 1.74. The van der Waals surface area contributed by atoms with Crippen molar-refractivity contribution in [3.05, 3.63) is 59.7 Å². The van der Waals surface area contributed by atoms with Crippen LogP contribution in [0.5, 0.6) is 5.75 Å². The summed E-state index contributed by atoms with van der Waals surface area (Å²) in [5.41, 5.74) is 1.45. The molecule has 8 nitrogen and oxygen atoms in total. The number of nitrogens with zero attached hydrogens (tertiary/aromatic N) is 1. The molecule has 1 aliphatic heterocycles. The topological polar surface area (TPSA) is 105 Å². The van der Waals surface area contributed by atoms with E-state index in [0.717, 1.165) is 12.0 Å². The van der Waals surface area contributed by atoms with E-state index in [1.165, 1.54) is 23.5 Å². The van der Waals surface area contributed by atoms with Crippen LogP contribution in [0.3, 0.4) is 0 Å². The van der Waals surface area contributed by atoms with Crippen molar-refractivity contribution >= 4 is 21.8 Å². The summed E-state index contributed by atoms with van der Waals surface area (Å²) in [6, 6.07) is 12.7. The Labute approximate surface area is 208 Å². The van der Waals surface area contributed by atoms with Crippen LogP contribution in [0.2, 0.25) is 0 Å². The molecule has 2 amide bonds. The zero-order chi connectivity index (χ0) is 25.6. The molecule has 1 heterocycles. The van der Waals surface area contributed by atoms with Gasteiger partial charge in [-0.2, -0.15) is 4.31 Å². The lowest BCUT2D eigenvalue weighted by Gasteiger charge is -2.35. The average molecular weight is 502 g/mol. The van der Waals surface area contributed by atoms with Gasteiger partial charge in [0.15, 0.2) is 0 Å². The smallest absolute Gasteiger partial charge is 0.251 e. The number of carbonyl (C=O) groups excluding carboxylic acids is 2. The summed E-state index contributed by atoms with van der Waals surface area (Å²) < 4.78 is 32.8. The number of carbonyl (C=O) groups is 2. The summed E-state index contributed by atoms with van der Waals surface area (Å²) in [5, 5.41) is 5.90. The van der Waals surface area contributed by atoms with E-state index in [0.29, 0.717) is 24.2 Å². The first kappa shape index (κ1) is 26.7. The van der Waals surface area contributed by atoms with E-state index in [4.69, 9.17) is 4.74 Å². The van der Waals surface area contributed by atoms with Gasteiger partial charge in [0.2, 0.25) is 15.9 Å². The highest BCUT2D eigenvalue weighted by molar-refractivity contribution is 7.89. The van der Waals surface area contributed by atoms with Gasteiger partial charge in [-0.25, -0.2) is 8.42 Å². The van der Waals surface area contributed by atoms with Crippen molar-refractivity contribution in [3.8, 4) is 5.75 Å². The van der Waals surface area contributed by atoms with Crippen LogP contribution in [0.4, 0.5) is 0 Å². The molecule has 0 aliphatic carbocycles. The Bertz CT molecular complexity index is 1130. The van der Waals surface area contributed by atoms with Crippen LogP contribution in [0.15, 0.2) is 53.4 Å². The summed E-state index contributed by atoms with van der Waals surface area (Å²) in [6.07, 6.45) is 1.69. The van der Waals surface area contributed by atoms with Gasteiger partial charge in [-0.05, 0) is 75.4 Å². The molecule has 2 atom stereocenters. The minimum absolute atomic E-state index is 0.0311. The van der Waals surface area contributed by atoms with Gasteiger partial charge >= 0.3 is 0 Å². The number of rotatable bonds is 9. The maximum absolute atomic E-state index is 13.1. The van der Waals surface area contributed by atoms with Crippen molar-refractivity contribution in [2.24, 2.45) is 5.92 Å². The van der Waals surface area contributed by atoms with Crippen LogP contribution in [0.1, 0.15) is 49.0 Å². The molecular weight excluding hydrogens is 466 g/mol. The van der Waals surface area contributed by atoms with E-state index in [9.17, 15) is 18.0 Å². The standard InChI is InChI=1S/C26H35N3O5S/c1-5-19(3)27-26(31)24(28-25(30)21-8-6-7-18(2)17-21)20-13-15-29(16-14-20)35(32,33)23-11-9-22(34-4)10-12-23/h6-12,17,19-20,24H,5,13-16H2,1-4H3,(H,27,31)(H,28,30)/t19-,24-/m0/s1. The van der Waals surface area contributed by atoms with Gasteiger partial charge in [-0.1, -0.05) is 24.6 Å². The fourth-order valence-corrected chi connectivity index (χ4v) is 5.66. The summed E-state index contributed by atoms with van der Waals surface area (Å²) >= 11 is 0. The van der Waals surface area contributed by atoms with Crippen LogP contribution >= 0.6 is 0 Å². The Morgan fingerprint density at radius 3 is 2.31 bits per heavy atom. The van der Waals surface area contributed by atoms with E-state index >= 15 is 0 Å². The minimum atomic E-state index is -3.66. The van der Waals surface area contributed by atoms with Crippen molar-refractivity contribution in [1.82, 2.24) is 14.9 Å². The van der Waals surface area contributed by atoms with Gasteiger partial charge in [0.05, 0.1) is 12.0 Å². The molecule has 2 aromatic rings. The first-order valence-corrected chi connectivity index (χ1v) is 13.4. The number of amides is 2. The van der Waals surface area contributed by atoms with E-state index in [1.807, 2.05) is 26.8 Å². The zero-order valence-electron chi connectivity index (χ0n) is 20.8. The van der Waals surface area contributed by atoms with Crippen molar-refractivity contribution < 1.29 is 22.7 Å². The quantitative estimate of drug-likeness (QED) is 0.549. The molecule has 1 saturated heterocycles. The second-order valence-electron chi connectivity index (χ2n) is 9.06. The summed E-state index contributed by atoms with van der Waals surface area (Å²) in [5.74, 6) is -0.152. The molecule has 0 unspecified atom stereocenters. The molecule has 35 heavy (non-hydrogen) atoms. The normalized spacial score (nSPS) is 16.8. The van der Waals surface area contributed by atoms with Gasteiger partial charge in [0, 0.05) is 24.7 Å². The Hall–Kier alpha value is -2.91. The summed E-state index contributed by atoms with van der Waals surface area (Å²) in [4.78, 5) is 26.3. The molecule has 0 bridgehead atoms. The number of nitrogens with one attached hydrogen (secondary N) is 2. The maximum atomic E-state index is 13.1. The van der Waals surface area contributed by atoms with Crippen LogP contribution in [-0.2, 0) is 14.8 Å². The first-order valence-electron chi connectivity index (χ1n) is 12.0. The molecule has 2 N–H and O–H groups in total. The van der Waals surface area contributed by atoms with Crippen LogP contribution in [0, 0.1) is 12.8 Å². The second kappa shape index (κ2) is 11.7. The van der Waals surface area contributed by atoms with Gasteiger partial charge in [0.25, 0.3) is 5.91 Å². The number of piperidine rings is 1. The SMILES string of the molecule is CC[C@H](C)NC(=O)[C@@H](NC(=O)c1cccc(C)c1)C1CCN(S(=O)(=O)c2ccc(OC)cc2)CC1. The van der Waals surface area contributed by atoms with Crippen molar-refractivity contribution in [2.45, 2.75) is 57.0 Å². The average Bonchev–Trinajstić information content (AvgIpc) is 2.87. The molecule has 190 valence electrons. The Kier molecular flexibility index (Phi) is 8.91. The molecule has 0 aromatic heterocycles.